The molecule has 0 saturated heterocycles. The fourth-order valence-corrected chi connectivity index (χ4v) is 5.89. The second-order valence-corrected chi connectivity index (χ2v) is 9.34. The Morgan fingerprint density at radius 2 is 2.00 bits per heavy atom. The molecule has 1 heterocycles. The zero-order chi connectivity index (χ0) is 24.6. The molecule has 0 bridgehead atoms. The van der Waals surface area contributed by atoms with Crippen LogP contribution >= 0.6 is 0 Å². The lowest BCUT2D eigenvalue weighted by Gasteiger charge is -2.50. The van der Waals surface area contributed by atoms with Gasteiger partial charge in [-0.25, -0.2) is 14.8 Å². The van der Waals surface area contributed by atoms with Crippen LogP contribution in [-0.2, 0) is 21.4 Å². The second kappa shape index (κ2) is 9.10. The molecule has 0 radical (unpaired) electrons. The Kier molecular flexibility index (Phi) is 5.97. The molecule has 35 heavy (non-hydrogen) atoms. The highest BCUT2D eigenvalue weighted by atomic mass is 16.5. The van der Waals surface area contributed by atoms with E-state index in [-0.39, 0.29) is 30.2 Å². The number of aliphatic hydroxyl groups is 1. The van der Waals surface area contributed by atoms with Crippen molar-refractivity contribution in [2.75, 3.05) is 6.61 Å². The van der Waals surface area contributed by atoms with Crippen molar-refractivity contribution in [2.24, 2.45) is 11.8 Å². The number of carbonyl (C=O) groups excluding carboxylic acids is 2. The van der Waals surface area contributed by atoms with E-state index in [1.165, 1.54) is 0 Å². The van der Waals surface area contributed by atoms with Crippen LogP contribution in [0.4, 0.5) is 0 Å². The molecule has 2 aliphatic carbocycles. The van der Waals surface area contributed by atoms with Crippen molar-refractivity contribution in [1.82, 2.24) is 9.97 Å². The van der Waals surface area contributed by atoms with Crippen LogP contribution in [0.25, 0.3) is 11.4 Å². The Morgan fingerprint density at radius 1 is 1.20 bits per heavy atom. The molecule has 1 N–H and O–H groups in total. The molecule has 5 rings (SSSR count). The minimum Gasteiger partial charge on any atom is -0.515 e. The van der Waals surface area contributed by atoms with Crippen molar-refractivity contribution in [1.29, 1.82) is 0 Å². The summed E-state index contributed by atoms with van der Waals surface area (Å²) >= 11 is 0. The van der Waals surface area contributed by atoms with Crippen LogP contribution in [0.3, 0.4) is 0 Å². The normalized spacial score (nSPS) is 24.5. The zero-order valence-electron chi connectivity index (χ0n) is 19.9. The number of nitrogens with zero attached hydrogens (tertiary/aromatic N) is 2. The van der Waals surface area contributed by atoms with E-state index in [0.29, 0.717) is 23.4 Å². The topological polar surface area (TPSA) is 89.4 Å². The van der Waals surface area contributed by atoms with Crippen LogP contribution in [0.5, 0.6) is 0 Å². The molecule has 2 aromatic carbocycles. The van der Waals surface area contributed by atoms with Crippen molar-refractivity contribution in [3.63, 3.8) is 0 Å². The first kappa shape index (κ1) is 23.0. The zero-order valence-corrected chi connectivity index (χ0v) is 19.9. The summed E-state index contributed by atoms with van der Waals surface area (Å²) in [5.41, 5.74) is 3.84. The number of esters is 1. The van der Waals surface area contributed by atoms with Gasteiger partial charge in [0, 0.05) is 28.7 Å². The Bertz CT molecular complexity index is 1320. The molecular weight excluding hydrogens is 440 g/mol. The van der Waals surface area contributed by atoms with Gasteiger partial charge in [-0.1, -0.05) is 49.4 Å². The van der Waals surface area contributed by atoms with E-state index < -0.39 is 5.41 Å². The fraction of sp³-hybridized carbons (Fsp3) is 0.310. The van der Waals surface area contributed by atoms with E-state index in [4.69, 9.17) is 9.72 Å². The van der Waals surface area contributed by atoms with Gasteiger partial charge in [-0.3, -0.25) is 4.79 Å². The second-order valence-electron chi connectivity index (χ2n) is 9.34. The van der Waals surface area contributed by atoms with E-state index in [1.807, 2.05) is 61.7 Å². The molecule has 1 fully saturated rings. The maximum Gasteiger partial charge on any atom is 0.338 e. The maximum atomic E-state index is 13.1. The molecular formula is C29H28N2O4. The van der Waals surface area contributed by atoms with Gasteiger partial charge in [-0.15, -0.1) is 0 Å². The van der Waals surface area contributed by atoms with Gasteiger partial charge in [0.05, 0.1) is 24.1 Å². The number of carbonyl (C=O) groups is 2. The number of ether oxygens (including phenoxy) is 1. The number of allylic oxidation sites excluding steroid dienone is 1. The molecule has 1 saturated carbocycles. The Hall–Kier alpha value is -3.80. The smallest absolute Gasteiger partial charge is 0.338 e. The Balaban J connectivity index is 1.77. The highest BCUT2D eigenvalue weighted by Gasteiger charge is 2.55. The van der Waals surface area contributed by atoms with E-state index in [1.54, 1.807) is 13.0 Å². The van der Waals surface area contributed by atoms with Crippen molar-refractivity contribution in [3.8, 4) is 11.4 Å². The summed E-state index contributed by atoms with van der Waals surface area (Å²) in [7, 11) is 0. The Morgan fingerprint density at radius 3 is 2.74 bits per heavy atom. The molecule has 2 aliphatic rings. The van der Waals surface area contributed by atoms with Crippen LogP contribution in [0.15, 0.2) is 72.6 Å². The van der Waals surface area contributed by atoms with Crippen molar-refractivity contribution in [2.45, 2.75) is 38.5 Å². The molecule has 0 aliphatic heterocycles. The number of hydrogen-bond donors (Lipinski definition) is 1. The first-order valence-corrected chi connectivity index (χ1v) is 12.1. The molecule has 3 atom stereocenters. The third-order valence-corrected chi connectivity index (χ3v) is 7.52. The average molecular weight is 469 g/mol. The van der Waals surface area contributed by atoms with Crippen molar-refractivity contribution >= 4 is 11.8 Å². The lowest BCUT2D eigenvalue weighted by atomic mass is 9.52. The van der Waals surface area contributed by atoms with E-state index in [0.717, 1.165) is 41.5 Å². The predicted octanol–water partition coefficient (Wildman–Crippen LogP) is 5.22. The number of aromatic nitrogens is 2. The molecule has 1 aromatic heterocycles. The number of rotatable bonds is 4. The summed E-state index contributed by atoms with van der Waals surface area (Å²) in [4.78, 5) is 35.5. The number of aryl methyl sites for hydroxylation is 1. The standard InChI is InChI=1S/C29H28N2O4/c1-3-35-28(34)20-10-7-11-23(14-20)29-15-22(17-32)25(33)18(2)24(29)13-12-21-16-30-27(31-26(21)29)19-8-5-4-6-9-19/h4-11,14,16-18,24,32H,3,12-13,15H2,1-2H3/t18-,24-,29?/m0/s1. The van der Waals surface area contributed by atoms with Gasteiger partial charge in [0.15, 0.2) is 11.6 Å². The minimum absolute atomic E-state index is 0.0320. The van der Waals surface area contributed by atoms with Gasteiger partial charge in [-0.05, 0) is 55.4 Å². The lowest BCUT2D eigenvalue weighted by Crippen LogP contribution is -2.51. The molecule has 1 unspecified atom stereocenters. The monoisotopic (exact) mass is 468 g/mol. The van der Waals surface area contributed by atoms with Gasteiger partial charge in [0.2, 0.25) is 0 Å². The summed E-state index contributed by atoms with van der Waals surface area (Å²) in [5.74, 6) is -0.150. The fourth-order valence-electron chi connectivity index (χ4n) is 5.89. The van der Waals surface area contributed by atoms with Crippen LogP contribution < -0.4 is 0 Å². The van der Waals surface area contributed by atoms with Crippen LogP contribution in [0, 0.1) is 11.8 Å². The molecule has 6 nitrogen and oxygen atoms in total. The minimum atomic E-state index is -0.690. The van der Waals surface area contributed by atoms with Gasteiger partial charge in [0.1, 0.15) is 0 Å². The number of Topliss-reactive ketones (excluding diaryl/α,β-unsaturated/α-hetero) is 1. The number of fused-ring (bicyclic) bond motifs is 3. The number of hydrogen-bond acceptors (Lipinski definition) is 6. The first-order chi connectivity index (χ1) is 17.0. The van der Waals surface area contributed by atoms with Crippen molar-refractivity contribution < 1.29 is 19.4 Å². The molecule has 0 amide bonds. The molecule has 3 aromatic rings. The van der Waals surface area contributed by atoms with Gasteiger partial charge < -0.3 is 9.84 Å². The average Bonchev–Trinajstić information content (AvgIpc) is 2.91. The van der Waals surface area contributed by atoms with Gasteiger partial charge >= 0.3 is 5.97 Å². The lowest BCUT2D eigenvalue weighted by molar-refractivity contribution is -0.123. The number of aliphatic hydroxyl groups excluding tert-OH is 1. The van der Waals surface area contributed by atoms with Crippen LogP contribution in [-0.4, -0.2) is 33.4 Å². The van der Waals surface area contributed by atoms with Gasteiger partial charge in [-0.2, -0.15) is 0 Å². The SMILES string of the molecule is CCOC(=O)c1cccc(C23CC(=CO)C(=O)[C@@H](C)[C@@H]2CCc2cnc(-c4ccccc4)nc23)c1. The summed E-state index contributed by atoms with van der Waals surface area (Å²) in [6.07, 6.45) is 4.70. The molecule has 178 valence electrons. The van der Waals surface area contributed by atoms with E-state index in [2.05, 4.69) is 4.98 Å². The summed E-state index contributed by atoms with van der Waals surface area (Å²) in [6.45, 7) is 4.00. The third kappa shape index (κ3) is 3.73. The predicted molar refractivity (Wildman–Crippen MR) is 132 cm³/mol. The summed E-state index contributed by atoms with van der Waals surface area (Å²) in [6, 6.07) is 17.3. The molecule has 0 spiro atoms. The Labute approximate surface area is 204 Å². The summed E-state index contributed by atoms with van der Waals surface area (Å²) in [5, 5.41) is 10.0. The number of benzene rings is 2. The molecule has 6 heteroatoms. The summed E-state index contributed by atoms with van der Waals surface area (Å²) < 4.78 is 5.26. The highest BCUT2D eigenvalue weighted by Crippen LogP contribution is 2.55. The van der Waals surface area contributed by atoms with Crippen molar-refractivity contribution in [3.05, 3.63) is 95.0 Å². The first-order valence-electron chi connectivity index (χ1n) is 12.1. The third-order valence-electron chi connectivity index (χ3n) is 7.52. The van der Waals surface area contributed by atoms with Gasteiger partial charge in [0.25, 0.3) is 0 Å². The number of ketones is 1. The van der Waals surface area contributed by atoms with E-state index >= 15 is 0 Å². The van der Waals surface area contributed by atoms with Crippen LogP contribution in [0.2, 0.25) is 0 Å². The maximum absolute atomic E-state index is 13.1. The highest BCUT2D eigenvalue weighted by molar-refractivity contribution is 5.99. The van der Waals surface area contributed by atoms with E-state index in [9.17, 15) is 14.7 Å². The quantitative estimate of drug-likeness (QED) is 0.321. The van der Waals surface area contributed by atoms with Crippen LogP contribution in [0.1, 0.15) is 53.9 Å². The largest absolute Gasteiger partial charge is 0.515 e.